The average molecular weight is 339 g/mol. The molecule has 0 fully saturated rings. The second-order valence-corrected chi connectivity index (χ2v) is 5.36. The van der Waals surface area contributed by atoms with Crippen molar-refractivity contribution in [2.45, 2.75) is 26.9 Å². The van der Waals surface area contributed by atoms with E-state index in [0.29, 0.717) is 17.3 Å². The van der Waals surface area contributed by atoms with E-state index >= 15 is 0 Å². The summed E-state index contributed by atoms with van der Waals surface area (Å²) in [6.45, 7) is 5.41. The Bertz CT molecular complexity index is 625. The quantitative estimate of drug-likeness (QED) is 0.927. The van der Waals surface area contributed by atoms with Gasteiger partial charge in [0.15, 0.2) is 11.9 Å². The van der Waals surface area contributed by atoms with Gasteiger partial charge in [0.2, 0.25) is 0 Å². The van der Waals surface area contributed by atoms with Crippen molar-refractivity contribution in [3.05, 3.63) is 40.1 Å². The second-order valence-electron chi connectivity index (χ2n) is 4.51. The maximum absolute atomic E-state index is 12.0. The molecule has 6 heteroatoms. The minimum Gasteiger partial charge on any atom is -0.480 e. The van der Waals surface area contributed by atoms with E-state index < -0.39 is 6.10 Å². The molecule has 0 aliphatic heterocycles. The summed E-state index contributed by atoms with van der Waals surface area (Å²) >= 11 is 3.41. The van der Waals surface area contributed by atoms with Crippen molar-refractivity contribution >= 4 is 27.7 Å². The Hall–Kier alpha value is -1.82. The van der Waals surface area contributed by atoms with E-state index in [9.17, 15) is 4.79 Å². The Kier molecular flexibility index (Phi) is 4.44. The number of aromatic nitrogens is 1. The van der Waals surface area contributed by atoms with Crippen LogP contribution in [0.15, 0.2) is 33.3 Å². The molecule has 106 valence electrons. The van der Waals surface area contributed by atoms with Crippen LogP contribution < -0.4 is 10.1 Å². The Morgan fingerprint density at radius 1 is 1.40 bits per heavy atom. The monoisotopic (exact) mass is 338 g/mol. The Balaban J connectivity index is 2.00. The zero-order valence-corrected chi connectivity index (χ0v) is 13.0. The zero-order chi connectivity index (χ0) is 14.7. The van der Waals surface area contributed by atoms with Gasteiger partial charge in [-0.15, -0.1) is 0 Å². The molecule has 1 aromatic heterocycles. The standard InChI is InChI=1S/C14H15BrN2O3/c1-8-4-5-12(11(15)6-8)19-10(3)14(18)16-13-7-9(2)20-17-13/h4-7,10H,1-3H3,(H,16,17,18)/t10-/m0/s1. The SMILES string of the molecule is Cc1ccc(O[C@@H](C)C(=O)Nc2cc(C)on2)c(Br)c1. The molecular weight excluding hydrogens is 324 g/mol. The van der Waals surface area contributed by atoms with E-state index in [-0.39, 0.29) is 5.91 Å². The van der Waals surface area contributed by atoms with E-state index in [4.69, 9.17) is 9.26 Å². The molecule has 5 nitrogen and oxygen atoms in total. The highest BCUT2D eigenvalue weighted by atomic mass is 79.9. The number of hydrogen-bond donors (Lipinski definition) is 1. The van der Waals surface area contributed by atoms with Gasteiger partial charge >= 0.3 is 0 Å². The topological polar surface area (TPSA) is 64.4 Å². The van der Waals surface area contributed by atoms with Gasteiger partial charge in [0.05, 0.1) is 4.47 Å². The van der Waals surface area contributed by atoms with Crippen LogP contribution in [0.1, 0.15) is 18.2 Å². The smallest absolute Gasteiger partial charge is 0.266 e. The number of carbonyl (C=O) groups excluding carboxylic acids is 1. The highest BCUT2D eigenvalue weighted by molar-refractivity contribution is 9.10. The molecule has 0 saturated heterocycles. The van der Waals surface area contributed by atoms with Crippen molar-refractivity contribution < 1.29 is 14.1 Å². The van der Waals surface area contributed by atoms with E-state index in [1.165, 1.54) is 0 Å². The van der Waals surface area contributed by atoms with Crippen LogP contribution in [0.2, 0.25) is 0 Å². The molecule has 0 unspecified atom stereocenters. The number of carbonyl (C=O) groups is 1. The number of aryl methyl sites for hydroxylation is 2. The summed E-state index contributed by atoms with van der Waals surface area (Å²) in [7, 11) is 0. The number of anilines is 1. The highest BCUT2D eigenvalue weighted by Gasteiger charge is 2.17. The van der Waals surface area contributed by atoms with Crippen LogP contribution in [-0.4, -0.2) is 17.2 Å². The number of rotatable bonds is 4. The third kappa shape index (κ3) is 3.60. The van der Waals surface area contributed by atoms with Gasteiger partial charge in [0.25, 0.3) is 5.91 Å². The van der Waals surface area contributed by atoms with Crippen LogP contribution in [0.3, 0.4) is 0 Å². The summed E-state index contributed by atoms with van der Waals surface area (Å²) in [5.74, 6) is 1.35. The molecule has 0 saturated carbocycles. The summed E-state index contributed by atoms with van der Waals surface area (Å²) in [4.78, 5) is 12.0. The van der Waals surface area contributed by atoms with Crippen molar-refractivity contribution in [1.82, 2.24) is 5.16 Å². The molecule has 1 aromatic carbocycles. The Morgan fingerprint density at radius 2 is 2.15 bits per heavy atom. The second kappa shape index (κ2) is 6.09. The van der Waals surface area contributed by atoms with Crippen LogP contribution in [0.25, 0.3) is 0 Å². The number of hydrogen-bond acceptors (Lipinski definition) is 4. The Labute approximate surface area is 125 Å². The third-order valence-electron chi connectivity index (χ3n) is 2.64. The van der Waals surface area contributed by atoms with Crippen molar-refractivity contribution in [1.29, 1.82) is 0 Å². The Morgan fingerprint density at radius 3 is 2.75 bits per heavy atom. The molecule has 20 heavy (non-hydrogen) atoms. The van der Waals surface area contributed by atoms with Crippen LogP contribution in [0, 0.1) is 13.8 Å². The molecule has 1 atom stereocenters. The molecule has 0 radical (unpaired) electrons. The number of nitrogens with one attached hydrogen (secondary N) is 1. The lowest BCUT2D eigenvalue weighted by Gasteiger charge is -2.15. The van der Waals surface area contributed by atoms with Gasteiger partial charge in [0.1, 0.15) is 11.5 Å². The van der Waals surface area contributed by atoms with Gasteiger partial charge in [-0.05, 0) is 54.4 Å². The fraction of sp³-hybridized carbons (Fsp3) is 0.286. The molecular formula is C14H15BrN2O3. The minimum atomic E-state index is -0.647. The van der Waals surface area contributed by atoms with Crippen molar-refractivity contribution in [2.75, 3.05) is 5.32 Å². The summed E-state index contributed by atoms with van der Waals surface area (Å²) in [5, 5.41) is 6.33. The predicted octanol–water partition coefficient (Wildman–Crippen LogP) is 3.46. The lowest BCUT2D eigenvalue weighted by molar-refractivity contribution is -0.122. The molecule has 2 aromatic rings. The fourth-order valence-corrected chi connectivity index (χ4v) is 2.19. The first-order valence-electron chi connectivity index (χ1n) is 6.12. The lowest BCUT2D eigenvalue weighted by atomic mass is 10.2. The molecule has 0 bridgehead atoms. The molecule has 0 spiro atoms. The first-order valence-corrected chi connectivity index (χ1v) is 6.92. The molecule has 0 aliphatic carbocycles. The van der Waals surface area contributed by atoms with Gasteiger partial charge in [-0.25, -0.2) is 0 Å². The highest BCUT2D eigenvalue weighted by Crippen LogP contribution is 2.26. The normalized spacial score (nSPS) is 12.0. The molecule has 0 aliphatic rings. The predicted molar refractivity (Wildman–Crippen MR) is 78.8 cm³/mol. The summed E-state index contributed by atoms with van der Waals surface area (Å²) < 4.78 is 11.3. The number of benzene rings is 1. The van der Waals surface area contributed by atoms with Gasteiger partial charge < -0.3 is 14.6 Å². The van der Waals surface area contributed by atoms with Crippen molar-refractivity contribution in [3.8, 4) is 5.75 Å². The maximum atomic E-state index is 12.0. The maximum Gasteiger partial charge on any atom is 0.266 e. The van der Waals surface area contributed by atoms with Crippen LogP contribution in [0.5, 0.6) is 5.75 Å². The lowest BCUT2D eigenvalue weighted by Crippen LogP contribution is -2.30. The summed E-state index contributed by atoms with van der Waals surface area (Å²) in [5.41, 5.74) is 1.11. The van der Waals surface area contributed by atoms with E-state index in [1.54, 1.807) is 19.9 Å². The van der Waals surface area contributed by atoms with E-state index in [0.717, 1.165) is 10.0 Å². The first kappa shape index (κ1) is 14.6. The van der Waals surface area contributed by atoms with Gasteiger partial charge in [-0.2, -0.15) is 0 Å². The largest absolute Gasteiger partial charge is 0.480 e. The number of ether oxygens (including phenoxy) is 1. The van der Waals surface area contributed by atoms with Crippen molar-refractivity contribution in [3.63, 3.8) is 0 Å². The summed E-state index contributed by atoms with van der Waals surface area (Å²) in [6.07, 6.45) is -0.647. The van der Waals surface area contributed by atoms with Gasteiger partial charge in [-0.3, -0.25) is 4.79 Å². The van der Waals surface area contributed by atoms with Crippen LogP contribution in [0.4, 0.5) is 5.82 Å². The van der Waals surface area contributed by atoms with E-state index in [2.05, 4.69) is 26.4 Å². The van der Waals surface area contributed by atoms with Crippen molar-refractivity contribution in [2.24, 2.45) is 0 Å². The van der Waals surface area contributed by atoms with E-state index in [1.807, 2.05) is 25.1 Å². The zero-order valence-electron chi connectivity index (χ0n) is 11.4. The van der Waals surface area contributed by atoms with Gasteiger partial charge in [-0.1, -0.05) is 11.2 Å². The third-order valence-corrected chi connectivity index (χ3v) is 3.26. The fourth-order valence-electron chi connectivity index (χ4n) is 1.60. The molecule has 1 heterocycles. The molecule has 1 amide bonds. The van der Waals surface area contributed by atoms with Crippen LogP contribution >= 0.6 is 15.9 Å². The minimum absolute atomic E-state index is 0.286. The molecule has 1 N–H and O–H groups in total. The van der Waals surface area contributed by atoms with Crippen LogP contribution in [-0.2, 0) is 4.79 Å². The first-order chi connectivity index (χ1) is 9.45. The van der Waals surface area contributed by atoms with Gasteiger partial charge in [0, 0.05) is 6.07 Å². The average Bonchev–Trinajstić information content (AvgIpc) is 2.78. The molecule has 2 rings (SSSR count). The number of nitrogens with zero attached hydrogens (tertiary/aromatic N) is 1. The number of halogens is 1. The summed E-state index contributed by atoms with van der Waals surface area (Å²) in [6, 6.07) is 7.32. The number of amides is 1.